The summed E-state index contributed by atoms with van der Waals surface area (Å²) in [7, 11) is 1.60. The molecule has 0 spiro atoms. The van der Waals surface area contributed by atoms with Crippen molar-refractivity contribution in [1.29, 1.82) is 0 Å². The van der Waals surface area contributed by atoms with Crippen LogP contribution < -0.4 is 9.47 Å². The van der Waals surface area contributed by atoms with Gasteiger partial charge in [0.1, 0.15) is 11.3 Å². The number of fused-ring (bicyclic) bond motifs is 2. The van der Waals surface area contributed by atoms with Crippen LogP contribution in [0.2, 0.25) is 0 Å². The van der Waals surface area contributed by atoms with Gasteiger partial charge in [-0.05, 0) is 48.0 Å². The largest absolute Gasteiger partial charge is 0.496 e. The Morgan fingerprint density at radius 1 is 1.00 bits per heavy atom. The molecule has 4 aromatic rings. The highest BCUT2D eigenvalue weighted by Gasteiger charge is 2.16. The molecule has 1 heterocycles. The number of carbonyl (C=O) groups excluding carboxylic acids is 1. The van der Waals surface area contributed by atoms with Gasteiger partial charge >= 0.3 is 5.97 Å². The summed E-state index contributed by atoms with van der Waals surface area (Å²) >= 11 is 3.49. The van der Waals surface area contributed by atoms with Crippen molar-refractivity contribution in [1.82, 2.24) is 4.98 Å². The van der Waals surface area contributed by atoms with Gasteiger partial charge in [-0.3, -0.25) is 4.79 Å². The van der Waals surface area contributed by atoms with Crippen molar-refractivity contribution in [2.75, 3.05) is 7.11 Å². The molecule has 0 saturated carbocycles. The molecular weight excluding hydrogens is 418 g/mol. The number of nitrogens with zero attached hydrogens (tertiary/aromatic N) is 1. The van der Waals surface area contributed by atoms with Crippen LogP contribution in [0.25, 0.3) is 21.7 Å². The van der Waals surface area contributed by atoms with E-state index in [9.17, 15) is 4.79 Å². The molecule has 0 saturated heterocycles. The quantitative estimate of drug-likeness (QED) is 0.308. The van der Waals surface area contributed by atoms with Gasteiger partial charge in [-0.2, -0.15) is 0 Å². The van der Waals surface area contributed by atoms with Crippen LogP contribution in [0.1, 0.15) is 11.3 Å². The summed E-state index contributed by atoms with van der Waals surface area (Å²) in [6, 6.07) is 19.3. The van der Waals surface area contributed by atoms with Crippen LogP contribution in [0.4, 0.5) is 0 Å². The Labute approximate surface area is 171 Å². The second-order valence-corrected chi connectivity index (χ2v) is 7.46. The van der Waals surface area contributed by atoms with Crippen LogP contribution in [-0.2, 0) is 11.2 Å². The Kier molecular flexibility index (Phi) is 5.01. The lowest BCUT2D eigenvalue weighted by Crippen LogP contribution is -2.13. The Morgan fingerprint density at radius 3 is 2.64 bits per heavy atom. The van der Waals surface area contributed by atoms with Crippen molar-refractivity contribution in [3.63, 3.8) is 0 Å². The van der Waals surface area contributed by atoms with E-state index in [1.807, 2.05) is 61.5 Å². The van der Waals surface area contributed by atoms with Crippen LogP contribution in [0, 0.1) is 6.92 Å². The summed E-state index contributed by atoms with van der Waals surface area (Å²) in [6.45, 7) is 1.91. The van der Waals surface area contributed by atoms with Gasteiger partial charge in [0.2, 0.25) is 0 Å². The predicted octanol–water partition coefficient (Wildman–Crippen LogP) is 5.62. The first kappa shape index (κ1) is 18.4. The SMILES string of the molecule is COc1ccc2cc(Br)ccc2c1CC(=O)Oc1cccc2ccc(C)nc12. The van der Waals surface area contributed by atoms with Crippen molar-refractivity contribution in [2.45, 2.75) is 13.3 Å². The predicted molar refractivity (Wildman–Crippen MR) is 114 cm³/mol. The Balaban J connectivity index is 1.69. The number of hydrogen-bond acceptors (Lipinski definition) is 4. The zero-order chi connectivity index (χ0) is 19.7. The number of ether oxygens (including phenoxy) is 2. The molecule has 5 heteroatoms. The van der Waals surface area contributed by atoms with Gasteiger partial charge in [0.25, 0.3) is 0 Å². The molecule has 0 radical (unpaired) electrons. The van der Waals surface area contributed by atoms with E-state index in [1.165, 1.54) is 0 Å². The highest BCUT2D eigenvalue weighted by atomic mass is 79.9. The minimum absolute atomic E-state index is 0.102. The van der Waals surface area contributed by atoms with Crippen molar-refractivity contribution < 1.29 is 14.3 Å². The Hall–Kier alpha value is -2.92. The van der Waals surface area contributed by atoms with Gasteiger partial charge in [0, 0.05) is 21.1 Å². The number of methoxy groups -OCH3 is 1. The smallest absolute Gasteiger partial charge is 0.315 e. The average Bonchev–Trinajstić information content (AvgIpc) is 2.68. The third kappa shape index (κ3) is 3.58. The number of carbonyl (C=O) groups is 1. The molecule has 0 aliphatic heterocycles. The summed E-state index contributed by atoms with van der Waals surface area (Å²) in [5, 5.41) is 2.93. The fourth-order valence-electron chi connectivity index (χ4n) is 3.32. The number of benzene rings is 3. The highest BCUT2D eigenvalue weighted by molar-refractivity contribution is 9.10. The normalized spacial score (nSPS) is 11.0. The molecule has 0 N–H and O–H groups in total. The average molecular weight is 436 g/mol. The lowest BCUT2D eigenvalue weighted by molar-refractivity contribution is -0.133. The molecule has 28 heavy (non-hydrogen) atoms. The molecule has 140 valence electrons. The number of pyridine rings is 1. The second kappa shape index (κ2) is 7.60. The molecule has 0 fully saturated rings. The zero-order valence-electron chi connectivity index (χ0n) is 15.5. The van der Waals surface area contributed by atoms with E-state index in [1.54, 1.807) is 13.2 Å². The van der Waals surface area contributed by atoms with Crippen molar-refractivity contribution in [2.24, 2.45) is 0 Å². The van der Waals surface area contributed by atoms with Gasteiger partial charge in [-0.1, -0.05) is 46.3 Å². The summed E-state index contributed by atoms with van der Waals surface area (Å²) in [4.78, 5) is 17.3. The third-order valence-electron chi connectivity index (χ3n) is 4.64. The van der Waals surface area contributed by atoms with Crippen LogP contribution in [0.15, 0.2) is 65.1 Å². The van der Waals surface area contributed by atoms with Gasteiger partial charge in [0.05, 0.1) is 13.5 Å². The van der Waals surface area contributed by atoms with E-state index < -0.39 is 0 Å². The maximum atomic E-state index is 12.8. The zero-order valence-corrected chi connectivity index (χ0v) is 17.1. The Morgan fingerprint density at radius 2 is 1.82 bits per heavy atom. The van der Waals surface area contributed by atoms with Crippen LogP contribution in [0.3, 0.4) is 0 Å². The van der Waals surface area contributed by atoms with E-state index in [2.05, 4.69) is 20.9 Å². The number of aryl methyl sites for hydroxylation is 1. The number of aromatic nitrogens is 1. The van der Waals surface area contributed by atoms with E-state index in [0.29, 0.717) is 17.0 Å². The molecule has 0 unspecified atom stereocenters. The number of para-hydroxylation sites is 1. The first-order valence-corrected chi connectivity index (χ1v) is 9.66. The van der Waals surface area contributed by atoms with Crippen molar-refractivity contribution >= 4 is 43.6 Å². The first-order valence-electron chi connectivity index (χ1n) is 8.87. The molecule has 0 aliphatic carbocycles. The number of hydrogen-bond donors (Lipinski definition) is 0. The highest BCUT2D eigenvalue weighted by Crippen LogP contribution is 2.31. The molecule has 3 aromatic carbocycles. The van der Waals surface area contributed by atoms with Crippen molar-refractivity contribution in [3.8, 4) is 11.5 Å². The molecule has 0 bridgehead atoms. The number of halogens is 1. The molecule has 0 atom stereocenters. The van der Waals surface area contributed by atoms with Crippen molar-refractivity contribution in [3.05, 3.63) is 76.4 Å². The van der Waals surface area contributed by atoms with Gasteiger partial charge < -0.3 is 9.47 Å². The van der Waals surface area contributed by atoms with Crippen LogP contribution in [0.5, 0.6) is 11.5 Å². The minimum Gasteiger partial charge on any atom is -0.496 e. The maximum Gasteiger partial charge on any atom is 0.315 e. The molecule has 1 aromatic heterocycles. The summed E-state index contributed by atoms with van der Waals surface area (Å²) in [5.74, 6) is 0.774. The number of esters is 1. The first-order chi connectivity index (χ1) is 13.5. The lowest BCUT2D eigenvalue weighted by atomic mass is 10.0. The third-order valence-corrected chi connectivity index (χ3v) is 5.13. The van der Waals surface area contributed by atoms with E-state index >= 15 is 0 Å². The summed E-state index contributed by atoms with van der Waals surface area (Å²) < 4.78 is 12.2. The van der Waals surface area contributed by atoms with E-state index in [4.69, 9.17) is 9.47 Å². The molecule has 0 amide bonds. The van der Waals surface area contributed by atoms with Gasteiger partial charge in [0.15, 0.2) is 5.75 Å². The maximum absolute atomic E-state index is 12.8. The molecule has 4 nitrogen and oxygen atoms in total. The standard InChI is InChI=1S/C23H18BrNO3/c1-14-6-7-15-4-3-5-21(23(15)25-14)28-22(26)13-19-18-10-9-17(24)12-16(18)8-11-20(19)27-2/h3-12H,13H2,1-2H3. The Bertz CT molecular complexity index is 1200. The fraction of sp³-hybridized carbons (Fsp3) is 0.130. The summed E-state index contributed by atoms with van der Waals surface area (Å²) in [6.07, 6.45) is 0.102. The van der Waals surface area contributed by atoms with E-state index in [0.717, 1.165) is 31.9 Å². The molecule has 0 aliphatic rings. The van der Waals surface area contributed by atoms with Gasteiger partial charge in [-0.15, -0.1) is 0 Å². The van der Waals surface area contributed by atoms with Crippen LogP contribution in [-0.4, -0.2) is 18.1 Å². The minimum atomic E-state index is -0.357. The molecule has 4 rings (SSSR count). The monoisotopic (exact) mass is 435 g/mol. The van der Waals surface area contributed by atoms with Crippen LogP contribution >= 0.6 is 15.9 Å². The van der Waals surface area contributed by atoms with Gasteiger partial charge in [-0.25, -0.2) is 4.98 Å². The fourth-order valence-corrected chi connectivity index (χ4v) is 3.70. The topological polar surface area (TPSA) is 48.4 Å². The van der Waals surface area contributed by atoms with E-state index in [-0.39, 0.29) is 12.4 Å². The second-order valence-electron chi connectivity index (χ2n) is 6.54. The molecular formula is C23H18BrNO3. The number of rotatable bonds is 4. The lowest BCUT2D eigenvalue weighted by Gasteiger charge is -2.13. The summed E-state index contributed by atoms with van der Waals surface area (Å²) in [5.41, 5.74) is 2.36.